The van der Waals surface area contributed by atoms with Gasteiger partial charge in [-0.05, 0) is 13.8 Å². The van der Waals surface area contributed by atoms with Gasteiger partial charge < -0.3 is 24.1 Å². The van der Waals surface area contributed by atoms with Gasteiger partial charge in [0, 0.05) is 0 Å². The van der Waals surface area contributed by atoms with Crippen LogP contribution in [0.1, 0.15) is 13.8 Å². The van der Waals surface area contributed by atoms with E-state index in [9.17, 15) is 5.11 Å². The molecule has 0 aromatic carbocycles. The molecule has 3 fully saturated rings. The van der Waals surface area contributed by atoms with Gasteiger partial charge in [0.1, 0.15) is 24.4 Å². The molecule has 0 amide bonds. The van der Waals surface area contributed by atoms with Crippen LogP contribution in [0, 0.1) is 0 Å². The molecule has 5 heteroatoms. The van der Waals surface area contributed by atoms with Gasteiger partial charge in [0.25, 0.3) is 0 Å². The molecule has 0 saturated carbocycles. The van der Waals surface area contributed by atoms with Crippen LogP contribution in [0.5, 0.6) is 0 Å². The molecule has 3 aliphatic rings. The van der Waals surface area contributed by atoms with Gasteiger partial charge >= 0.3 is 0 Å². The van der Waals surface area contributed by atoms with Crippen molar-refractivity contribution in [2.75, 3.05) is 6.61 Å². The van der Waals surface area contributed by atoms with Crippen LogP contribution in [0.15, 0.2) is 0 Å². The zero-order valence-corrected chi connectivity index (χ0v) is 8.17. The van der Waals surface area contributed by atoms with Crippen molar-refractivity contribution < 1.29 is 24.1 Å². The first-order chi connectivity index (χ1) is 6.57. The van der Waals surface area contributed by atoms with Crippen molar-refractivity contribution in [3.05, 3.63) is 0 Å². The van der Waals surface area contributed by atoms with Crippen LogP contribution < -0.4 is 0 Å². The summed E-state index contributed by atoms with van der Waals surface area (Å²) >= 11 is 0. The summed E-state index contributed by atoms with van der Waals surface area (Å²) < 4.78 is 22.0. The van der Waals surface area contributed by atoms with Crippen LogP contribution in [0.4, 0.5) is 0 Å². The molecule has 1 N–H and O–H groups in total. The van der Waals surface area contributed by atoms with Gasteiger partial charge in [0.05, 0.1) is 6.61 Å². The molecular formula is C9H14O5. The quantitative estimate of drug-likeness (QED) is 0.580. The van der Waals surface area contributed by atoms with Crippen molar-refractivity contribution in [3.63, 3.8) is 0 Å². The zero-order valence-electron chi connectivity index (χ0n) is 8.17. The number of fused-ring (bicyclic) bond motifs is 4. The van der Waals surface area contributed by atoms with Gasteiger partial charge in [0.2, 0.25) is 0 Å². The van der Waals surface area contributed by atoms with E-state index in [2.05, 4.69) is 0 Å². The molecule has 0 radical (unpaired) electrons. The molecule has 5 nitrogen and oxygen atoms in total. The van der Waals surface area contributed by atoms with Gasteiger partial charge in [-0.2, -0.15) is 0 Å². The Labute approximate surface area is 81.9 Å². The number of aliphatic hydroxyl groups is 1. The van der Waals surface area contributed by atoms with Crippen LogP contribution in [-0.2, 0) is 18.9 Å². The Morgan fingerprint density at radius 1 is 1.21 bits per heavy atom. The monoisotopic (exact) mass is 202 g/mol. The second-order valence-corrected chi connectivity index (χ2v) is 4.43. The summed E-state index contributed by atoms with van der Waals surface area (Å²) in [6.07, 6.45) is -1.93. The highest BCUT2D eigenvalue weighted by molar-refractivity contribution is 4.99. The second-order valence-electron chi connectivity index (χ2n) is 4.43. The fourth-order valence-corrected chi connectivity index (χ4v) is 2.32. The first-order valence-electron chi connectivity index (χ1n) is 4.88. The lowest BCUT2D eigenvalue weighted by Crippen LogP contribution is -2.52. The predicted octanol–water partition coefficient (Wildman–Crippen LogP) is -0.378. The lowest BCUT2D eigenvalue weighted by atomic mass is 10.0. The van der Waals surface area contributed by atoms with E-state index in [0.717, 1.165) is 0 Å². The SMILES string of the molecule is CC1(C)O[C@H]2[C@@H](O)[C@H]3OC[C@@H](O3)[C@H]2O1. The van der Waals surface area contributed by atoms with E-state index < -0.39 is 18.2 Å². The van der Waals surface area contributed by atoms with Crippen molar-refractivity contribution in [1.29, 1.82) is 0 Å². The van der Waals surface area contributed by atoms with Gasteiger partial charge in [0.15, 0.2) is 12.1 Å². The molecule has 0 spiro atoms. The lowest BCUT2D eigenvalue weighted by Gasteiger charge is -2.31. The van der Waals surface area contributed by atoms with E-state index in [1.807, 2.05) is 13.8 Å². The van der Waals surface area contributed by atoms with E-state index in [-0.39, 0.29) is 18.3 Å². The Hall–Kier alpha value is -0.200. The average molecular weight is 202 g/mol. The third kappa shape index (κ3) is 1.14. The number of hydrogen-bond donors (Lipinski definition) is 1. The minimum atomic E-state index is -0.750. The Balaban J connectivity index is 1.88. The molecule has 3 aliphatic heterocycles. The molecule has 0 aromatic heterocycles. The molecule has 14 heavy (non-hydrogen) atoms. The topological polar surface area (TPSA) is 57.2 Å². The highest BCUT2D eigenvalue weighted by atomic mass is 16.8. The van der Waals surface area contributed by atoms with Crippen molar-refractivity contribution in [2.45, 2.75) is 50.3 Å². The summed E-state index contributed by atoms with van der Waals surface area (Å²) in [5, 5.41) is 9.84. The van der Waals surface area contributed by atoms with E-state index in [1.165, 1.54) is 0 Å². The Morgan fingerprint density at radius 2 is 1.93 bits per heavy atom. The molecule has 3 saturated heterocycles. The number of aliphatic hydroxyl groups excluding tert-OH is 1. The van der Waals surface area contributed by atoms with E-state index in [1.54, 1.807) is 0 Å². The van der Waals surface area contributed by atoms with Gasteiger partial charge in [-0.3, -0.25) is 0 Å². The second kappa shape index (κ2) is 2.68. The van der Waals surface area contributed by atoms with Crippen molar-refractivity contribution in [1.82, 2.24) is 0 Å². The van der Waals surface area contributed by atoms with Crippen molar-refractivity contribution in [2.24, 2.45) is 0 Å². The molecule has 80 valence electrons. The molecule has 3 rings (SSSR count). The number of ether oxygens (including phenoxy) is 4. The smallest absolute Gasteiger partial charge is 0.186 e. The van der Waals surface area contributed by atoms with E-state index in [0.29, 0.717) is 6.61 Å². The fraction of sp³-hybridized carbons (Fsp3) is 1.00. The first kappa shape index (κ1) is 9.06. The minimum Gasteiger partial charge on any atom is -0.385 e. The molecule has 2 bridgehead atoms. The van der Waals surface area contributed by atoms with Crippen LogP contribution in [0.3, 0.4) is 0 Å². The third-order valence-electron chi connectivity index (χ3n) is 2.88. The lowest BCUT2D eigenvalue weighted by molar-refractivity contribution is -0.204. The Kier molecular flexibility index (Phi) is 1.73. The van der Waals surface area contributed by atoms with Crippen LogP contribution >= 0.6 is 0 Å². The van der Waals surface area contributed by atoms with Crippen molar-refractivity contribution >= 4 is 0 Å². The highest BCUT2D eigenvalue weighted by Gasteiger charge is 2.57. The van der Waals surface area contributed by atoms with E-state index >= 15 is 0 Å². The summed E-state index contributed by atoms with van der Waals surface area (Å²) in [4.78, 5) is 0. The summed E-state index contributed by atoms with van der Waals surface area (Å²) in [6, 6.07) is 0. The Bertz CT molecular complexity index is 246. The number of hydrogen-bond acceptors (Lipinski definition) is 5. The minimum absolute atomic E-state index is 0.102. The Morgan fingerprint density at radius 3 is 2.71 bits per heavy atom. The van der Waals surface area contributed by atoms with E-state index in [4.69, 9.17) is 18.9 Å². The maximum Gasteiger partial charge on any atom is 0.186 e. The summed E-state index contributed by atoms with van der Waals surface area (Å²) in [5.41, 5.74) is 0. The fourth-order valence-electron chi connectivity index (χ4n) is 2.32. The zero-order chi connectivity index (χ0) is 9.92. The highest BCUT2D eigenvalue weighted by Crippen LogP contribution is 2.40. The van der Waals surface area contributed by atoms with Gasteiger partial charge in [-0.1, -0.05) is 0 Å². The molecule has 0 aliphatic carbocycles. The molecule has 0 aromatic rings. The maximum absolute atomic E-state index is 9.84. The summed E-state index contributed by atoms with van der Waals surface area (Å²) in [6.45, 7) is 4.15. The molecule has 5 atom stereocenters. The molecular weight excluding hydrogens is 188 g/mol. The normalized spacial score (nSPS) is 54.6. The molecule has 0 unspecified atom stereocenters. The average Bonchev–Trinajstić information content (AvgIpc) is 2.64. The summed E-state index contributed by atoms with van der Waals surface area (Å²) in [7, 11) is 0. The van der Waals surface area contributed by atoms with Crippen LogP contribution in [0.2, 0.25) is 0 Å². The molecule has 3 heterocycles. The third-order valence-corrected chi connectivity index (χ3v) is 2.88. The van der Waals surface area contributed by atoms with Gasteiger partial charge in [-0.15, -0.1) is 0 Å². The van der Waals surface area contributed by atoms with Crippen LogP contribution in [-0.4, -0.2) is 48.2 Å². The largest absolute Gasteiger partial charge is 0.385 e. The first-order valence-corrected chi connectivity index (χ1v) is 4.88. The summed E-state index contributed by atoms with van der Waals surface area (Å²) in [5.74, 6) is -0.635. The predicted molar refractivity (Wildman–Crippen MR) is 44.4 cm³/mol. The van der Waals surface area contributed by atoms with Crippen LogP contribution in [0.25, 0.3) is 0 Å². The van der Waals surface area contributed by atoms with Crippen molar-refractivity contribution in [3.8, 4) is 0 Å². The standard InChI is InChI=1S/C9H14O5/c1-9(2)13-6-4-3-11-8(12-4)5(10)7(6)14-9/h4-8,10H,3H2,1-2H3/t4-,5-,6-,7+,8+/m1/s1. The number of rotatable bonds is 0. The maximum atomic E-state index is 9.84. The van der Waals surface area contributed by atoms with Gasteiger partial charge in [-0.25, -0.2) is 0 Å².